The van der Waals surface area contributed by atoms with E-state index in [1.165, 1.54) is 12.0 Å². The average Bonchev–Trinajstić information content (AvgIpc) is 3.38. The predicted octanol–water partition coefficient (Wildman–Crippen LogP) is 3.57. The number of ether oxygens (including phenoxy) is 1. The van der Waals surface area contributed by atoms with Gasteiger partial charge in [0, 0.05) is 25.4 Å². The van der Waals surface area contributed by atoms with E-state index in [-0.39, 0.29) is 0 Å². The molecule has 1 aliphatic rings. The largest absolute Gasteiger partial charge is 0.497 e. The lowest BCUT2D eigenvalue weighted by molar-refractivity contribution is 0.244. The fourth-order valence-electron chi connectivity index (χ4n) is 3.77. The van der Waals surface area contributed by atoms with Crippen molar-refractivity contribution in [3.05, 3.63) is 66.1 Å². The molecule has 0 saturated carbocycles. The van der Waals surface area contributed by atoms with E-state index < -0.39 is 0 Å². The number of rotatable bonds is 6. The van der Waals surface area contributed by atoms with Crippen LogP contribution in [0.1, 0.15) is 42.9 Å². The van der Waals surface area contributed by atoms with E-state index in [9.17, 15) is 0 Å². The van der Waals surface area contributed by atoms with Crippen molar-refractivity contribution >= 4 is 0 Å². The van der Waals surface area contributed by atoms with E-state index in [0.29, 0.717) is 6.04 Å². The Balaban J connectivity index is 1.55. The third-order valence-corrected chi connectivity index (χ3v) is 5.17. The summed E-state index contributed by atoms with van der Waals surface area (Å²) in [5, 5.41) is 0. The minimum absolute atomic E-state index is 0.299. The molecule has 6 heteroatoms. The Hall–Kier alpha value is -2.73. The molecule has 0 spiro atoms. The number of likely N-dealkylation sites (tertiary alicyclic amines) is 1. The van der Waals surface area contributed by atoms with Crippen molar-refractivity contribution < 1.29 is 4.74 Å². The number of hydrogen-bond acceptors (Lipinski definition) is 5. The summed E-state index contributed by atoms with van der Waals surface area (Å²) in [6.07, 6.45) is 10.6. The molecule has 3 aromatic rings. The summed E-state index contributed by atoms with van der Waals surface area (Å²) in [5.41, 5.74) is 2.32. The second-order valence-corrected chi connectivity index (χ2v) is 6.85. The van der Waals surface area contributed by atoms with Crippen molar-refractivity contribution in [3.63, 3.8) is 0 Å². The Bertz CT molecular complexity index is 890. The summed E-state index contributed by atoms with van der Waals surface area (Å²) in [6, 6.07) is 8.61. The second-order valence-electron chi connectivity index (χ2n) is 6.85. The summed E-state index contributed by atoms with van der Waals surface area (Å²) in [7, 11) is 1.70. The van der Waals surface area contributed by atoms with Gasteiger partial charge in [-0.3, -0.25) is 14.5 Å². The van der Waals surface area contributed by atoms with Gasteiger partial charge in [-0.1, -0.05) is 19.1 Å². The number of hydrogen-bond donors (Lipinski definition) is 0. The molecule has 6 nitrogen and oxygen atoms in total. The lowest BCUT2D eigenvalue weighted by Crippen LogP contribution is -2.24. The summed E-state index contributed by atoms with van der Waals surface area (Å²) in [6.45, 7) is 4.09. The normalized spacial score (nSPS) is 17.3. The van der Waals surface area contributed by atoms with Crippen LogP contribution in [-0.4, -0.2) is 38.1 Å². The first-order chi connectivity index (χ1) is 13.3. The van der Waals surface area contributed by atoms with E-state index in [4.69, 9.17) is 9.72 Å². The zero-order chi connectivity index (χ0) is 18.6. The molecule has 2 aromatic heterocycles. The van der Waals surface area contributed by atoms with E-state index in [1.54, 1.807) is 7.11 Å². The van der Waals surface area contributed by atoms with E-state index in [1.807, 2.05) is 41.5 Å². The summed E-state index contributed by atoms with van der Waals surface area (Å²) < 4.78 is 7.28. The van der Waals surface area contributed by atoms with Gasteiger partial charge in [-0.05, 0) is 37.1 Å². The van der Waals surface area contributed by atoms with Gasteiger partial charge in [-0.2, -0.15) is 0 Å². The molecule has 0 aliphatic carbocycles. The van der Waals surface area contributed by atoms with Crippen LogP contribution in [0.5, 0.6) is 5.75 Å². The first kappa shape index (κ1) is 17.7. The average molecular weight is 363 g/mol. The number of nitrogens with zero attached hydrogens (tertiary/aromatic N) is 5. The van der Waals surface area contributed by atoms with Gasteiger partial charge in [-0.15, -0.1) is 0 Å². The molecule has 1 atom stereocenters. The molecule has 1 fully saturated rings. The monoisotopic (exact) mass is 363 g/mol. The fourth-order valence-corrected chi connectivity index (χ4v) is 3.77. The number of aryl methyl sites for hydroxylation is 1. The van der Waals surface area contributed by atoms with Gasteiger partial charge >= 0.3 is 0 Å². The van der Waals surface area contributed by atoms with Gasteiger partial charge in [0.25, 0.3) is 0 Å². The fraction of sp³-hybridized carbons (Fsp3) is 0.381. The van der Waals surface area contributed by atoms with Crippen molar-refractivity contribution in [1.82, 2.24) is 24.4 Å². The lowest BCUT2D eigenvalue weighted by atomic mass is 10.1. The molecule has 1 saturated heterocycles. The SMILES string of the molecule is CCc1nccn1-c1cncc([C@H]2CCCN2Cc2ccc(OC)cc2)n1. The van der Waals surface area contributed by atoms with Gasteiger partial charge in [0.15, 0.2) is 5.82 Å². The van der Waals surface area contributed by atoms with Crippen molar-refractivity contribution in [2.24, 2.45) is 0 Å². The van der Waals surface area contributed by atoms with Gasteiger partial charge in [0.05, 0.1) is 31.2 Å². The van der Waals surface area contributed by atoms with Crippen molar-refractivity contribution in [2.75, 3.05) is 13.7 Å². The first-order valence-electron chi connectivity index (χ1n) is 9.50. The zero-order valence-electron chi connectivity index (χ0n) is 15.9. The molecule has 27 heavy (non-hydrogen) atoms. The molecule has 3 heterocycles. The molecule has 0 radical (unpaired) electrons. The lowest BCUT2D eigenvalue weighted by Gasteiger charge is -2.24. The maximum atomic E-state index is 5.26. The number of methoxy groups -OCH3 is 1. The van der Waals surface area contributed by atoms with Crippen LogP contribution in [0, 0.1) is 0 Å². The van der Waals surface area contributed by atoms with Gasteiger partial charge in [-0.25, -0.2) is 9.97 Å². The van der Waals surface area contributed by atoms with Crippen molar-refractivity contribution in [1.29, 1.82) is 0 Å². The van der Waals surface area contributed by atoms with Crippen LogP contribution in [0.2, 0.25) is 0 Å². The van der Waals surface area contributed by atoms with Crippen molar-refractivity contribution in [3.8, 4) is 11.6 Å². The standard InChI is InChI=1S/C21H25N5O/c1-3-20-23-10-12-26(20)21-14-22-13-18(24-21)19-5-4-11-25(19)15-16-6-8-17(27-2)9-7-16/h6-10,12-14,19H,3-5,11,15H2,1-2H3/t19-/m1/s1. The van der Waals surface area contributed by atoms with Gasteiger partial charge < -0.3 is 4.74 Å². The minimum atomic E-state index is 0.299. The van der Waals surface area contributed by atoms with E-state index in [0.717, 1.165) is 49.0 Å². The van der Waals surface area contributed by atoms with Crippen LogP contribution in [0.25, 0.3) is 5.82 Å². The maximum absolute atomic E-state index is 5.26. The smallest absolute Gasteiger partial charge is 0.156 e. The molecule has 0 unspecified atom stereocenters. The molecular weight excluding hydrogens is 338 g/mol. The Morgan fingerprint density at radius 2 is 2.04 bits per heavy atom. The van der Waals surface area contributed by atoms with Gasteiger partial charge in [0.2, 0.25) is 0 Å². The zero-order valence-corrected chi connectivity index (χ0v) is 15.9. The topological polar surface area (TPSA) is 56.1 Å². The Kier molecular flexibility index (Phi) is 5.16. The Morgan fingerprint density at radius 3 is 2.81 bits per heavy atom. The summed E-state index contributed by atoms with van der Waals surface area (Å²) in [4.78, 5) is 16.3. The Labute approximate surface area is 159 Å². The predicted molar refractivity (Wildman–Crippen MR) is 104 cm³/mol. The molecular formula is C21H25N5O. The third kappa shape index (κ3) is 3.71. The molecule has 0 bridgehead atoms. The number of benzene rings is 1. The van der Waals surface area contributed by atoms with Crippen LogP contribution < -0.4 is 4.74 Å². The highest BCUT2D eigenvalue weighted by Crippen LogP contribution is 2.32. The summed E-state index contributed by atoms with van der Waals surface area (Å²) >= 11 is 0. The summed E-state index contributed by atoms with van der Waals surface area (Å²) in [5.74, 6) is 2.74. The second kappa shape index (κ2) is 7.88. The molecule has 4 rings (SSSR count). The first-order valence-corrected chi connectivity index (χ1v) is 9.50. The molecule has 1 aromatic carbocycles. The molecule has 0 amide bonds. The quantitative estimate of drug-likeness (QED) is 0.670. The molecule has 0 N–H and O–H groups in total. The minimum Gasteiger partial charge on any atom is -0.497 e. The van der Waals surface area contributed by atoms with Crippen LogP contribution in [0.3, 0.4) is 0 Å². The molecule has 1 aliphatic heterocycles. The number of imidazole rings is 1. The van der Waals surface area contributed by atoms with Crippen LogP contribution in [0.4, 0.5) is 0 Å². The number of aromatic nitrogens is 4. The van der Waals surface area contributed by atoms with E-state index >= 15 is 0 Å². The third-order valence-electron chi connectivity index (χ3n) is 5.17. The maximum Gasteiger partial charge on any atom is 0.156 e. The van der Waals surface area contributed by atoms with Crippen LogP contribution in [0.15, 0.2) is 49.1 Å². The van der Waals surface area contributed by atoms with Crippen LogP contribution >= 0.6 is 0 Å². The highest BCUT2D eigenvalue weighted by Gasteiger charge is 2.27. The molecule has 140 valence electrons. The highest BCUT2D eigenvalue weighted by atomic mass is 16.5. The highest BCUT2D eigenvalue weighted by molar-refractivity contribution is 5.28. The van der Waals surface area contributed by atoms with Crippen molar-refractivity contribution in [2.45, 2.75) is 38.8 Å². The van der Waals surface area contributed by atoms with Gasteiger partial charge in [0.1, 0.15) is 11.6 Å². The Morgan fingerprint density at radius 1 is 1.19 bits per heavy atom. The van der Waals surface area contributed by atoms with Crippen LogP contribution in [-0.2, 0) is 13.0 Å². The van der Waals surface area contributed by atoms with E-state index in [2.05, 4.69) is 33.9 Å².